The first-order chi connectivity index (χ1) is 11.8. The van der Waals surface area contributed by atoms with E-state index in [4.69, 9.17) is 4.52 Å². The number of aryl methyl sites for hydroxylation is 1. The van der Waals surface area contributed by atoms with E-state index < -0.39 is 0 Å². The SMILES string of the molecule is CCCc1noc(C2CCN(C(=O)C=Cc3ccccc3)CC2)n1. The minimum Gasteiger partial charge on any atom is -0.339 e. The number of carbonyl (C=O) groups excluding carboxylic acids is 1. The van der Waals surface area contributed by atoms with Gasteiger partial charge in [-0.2, -0.15) is 4.98 Å². The van der Waals surface area contributed by atoms with E-state index >= 15 is 0 Å². The van der Waals surface area contributed by atoms with Crippen LogP contribution in [0.5, 0.6) is 0 Å². The van der Waals surface area contributed by atoms with Gasteiger partial charge in [-0.25, -0.2) is 0 Å². The van der Waals surface area contributed by atoms with Crippen LogP contribution >= 0.6 is 0 Å². The first-order valence-corrected chi connectivity index (χ1v) is 8.60. The van der Waals surface area contributed by atoms with Gasteiger partial charge in [0.2, 0.25) is 11.8 Å². The lowest BCUT2D eigenvalue weighted by atomic mass is 9.96. The Morgan fingerprint density at radius 1 is 1.29 bits per heavy atom. The molecule has 2 heterocycles. The number of rotatable bonds is 5. The summed E-state index contributed by atoms with van der Waals surface area (Å²) in [7, 11) is 0. The number of benzene rings is 1. The molecule has 1 amide bonds. The van der Waals surface area contributed by atoms with E-state index in [1.807, 2.05) is 41.3 Å². The number of amides is 1. The van der Waals surface area contributed by atoms with Crippen molar-refractivity contribution in [2.45, 2.75) is 38.5 Å². The Balaban J connectivity index is 1.52. The van der Waals surface area contributed by atoms with Crippen LogP contribution in [0.15, 0.2) is 40.9 Å². The lowest BCUT2D eigenvalue weighted by molar-refractivity contribution is -0.127. The molecule has 0 N–H and O–H groups in total. The van der Waals surface area contributed by atoms with Crippen molar-refractivity contribution in [3.05, 3.63) is 53.7 Å². The van der Waals surface area contributed by atoms with Gasteiger partial charge in [0.25, 0.3) is 0 Å². The van der Waals surface area contributed by atoms with E-state index in [2.05, 4.69) is 17.1 Å². The Hall–Kier alpha value is -2.43. The minimum absolute atomic E-state index is 0.0644. The second-order valence-electron chi connectivity index (χ2n) is 6.14. The zero-order valence-corrected chi connectivity index (χ0v) is 14.0. The maximum atomic E-state index is 12.3. The van der Waals surface area contributed by atoms with Gasteiger partial charge in [-0.1, -0.05) is 42.4 Å². The summed E-state index contributed by atoms with van der Waals surface area (Å²) < 4.78 is 5.38. The first-order valence-electron chi connectivity index (χ1n) is 8.60. The maximum absolute atomic E-state index is 12.3. The van der Waals surface area contributed by atoms with Gasteiger partial charge < -0.3 is 9.42 Å². The molecule has 0 unspecified atom stereocenters. The molecule has 0 aliphatic carbocycles. The normalized spacial score (nSPS) is 16.0. The van der Waals surface area contributed by atoms with Gasteiger partial charge >= 0.3 is 0 Å². The molecule has 1 aliphatic heterocycles. The largest absolute Gasteiger partial charge is 0.339 e. The van der Waals surface area contributed by atoms with Crippen LogP contribution in [0.1, 0.15) is 49.4 Å². The quantitative estimate of drug-likeness (QED) is 0.790. The second kappa shape index (κ2) is 7.90. The van der Waals surface area contributed by atoms with Crippen LogP contribution in [0.3, 0.4) is 0 Å². The molecule has 0 spiro atoms. The van der Waals surface area contributed by atoms with Gasteiger partial charge in [0.05, 0.1) is 0 Å². The molecular formula is C19H23N3O2. The average molecular weight is 325 g/mol. The van der Waals surface area contributed by atoms with Crippen LogP contribution in [0.2, 0.25) is 0 Å². The number of piperidine rings is 1. The van der Waals surface area contributed by atoms with Crippen molar-refractivity contribution >= 4 is 12.0 Å². The van der Waals surface area contributed by atoms with Crippen molar-refractivity contribution in [3.63, 3.8) is 0 Å². The summed E-state index contributed by atoms with van der Waals surface area (Å²) in [4.78, 5) is 18.7. The third-order valence-electron chi connectivity index (χ3n) is 4.33. The highest BCUT2D eigenvalue weighted by atomic mass is 16.5. The summed E-state index contributed by atoms with van der Waals surface area (Å²) in [6.45, 7) is 3.56. The molecule has 1 aromatic carbocycles. The van der Waals surface area contributed by atoms with Crippen LogP contribution in [-0.4, -0.2) is 34.0 Å². The zero-order valence-electron chi connectivity index (χ0n) is 14.0. The summed E-state index contributed by atoms with van der Waals surface area (Å²) in [5.41, 5.74) is 1.04. The Morgan fingerprint density at radius 3 is 2.75 bits per heavy atom. The number of likely N-dealkylation sites (tertiary alicyclic amines) is 1. The molecule has 2 aromatic rings. The van der Waals surface area contributed by atoms with Crippen LogP contribution in [0.25, 0.3) is 6.08 Å². The molecular weight excluding hydrogens is 302 g/mol. The Kier molecular flexibility index (Phi) is 5.41. The third-order valence-corrected chi connectivity index (χ3v) is 4.33. The maximum Gasteiger partial charge on any atom is 0.246 e. The molecule has 126 valence electrons. The van der Waals surface area contributed by atoms with Crippen LogP contribution < -0.4 is 0 Å². The monoisotopic (exact) mass is 325 g/mol. The summed E-state index contributed by atoms with van der Waals surface area (Å²) in [5.74, 6) is 1.85. The standard InChI is InChI=1S/C19H23N3O2/c1-2-6-17-20-19(24-21-17)16-11-13-22(14-12-16)18(23)10-9-15-7-4-3-5-8-15/h3-5,7-10,16H,2,6,11-14H2,1H3. The van der Waals surface area contributed by atoms with Crippen molar-refractivity contribution in [3.8, 4) is 0 Å². The fourth-order valence-corrected chi connectivity index (χ4v) is 2.94. The van der Waals surface area contributed by atoms with E-state index in [-0.39, 0.29) is 11.8 Å². The molecule has 3 rings (SSSR count). The van der Waals surface area contributed by atoms with Crippen LogP contribution in [-0.2, 0) is 11.2 Å². The van der Waals surface area contributed by atoms with Crippen LogP contribution in [0, 0.1) is 0 Å². The lowest BCUT2D eigenvalue weighted by Crippen LogP contribution is -2.36. The fraction of sp³-hybridized carbons (Fsp3) is 0.421. The topological polar surface area (TPSA) is 59.2 Å². The molecule has 0 bridgehead atoms. The van der Waals surface area contributed by atoms with E-state index in [9.17, 15) is 4.79 Å². The van der Waals surface area contributed by atoms with Gasteiger partial charge in [-0.15, -0.1) is 0 Å². The van der Waals surface area contributed by atoms with Crippen LogP contribution in [0.4, 0.5) is 0 Å². The Bertz CT molecular complexity index is 686. The van der Waals surface area contributed by atoms with E-state index in [0.29, 0.717) is 0 Å². The number of carbonyl (C=O) groups is 1. The number of hydrogen-bond donors (Lipinski definition) is 0. The number of hydrogen-bond acceptors (Lipinski definition) is 4. The van der Waals surface area contributed by atoms with Gasteiger partial charge in [0.1, 0.15) is 0 Å². The molecule has 24 heavy (non-hydrogen) atoms. The molecule has 0 saturated carbocycles. The molecule has 1 aromatic heterocycles. The predicted octanol–water partition coefficient (Wildman–Crippen LogP) is 3.44. The van der Waals surface area contributed by atoms with Gasteiger partial charge in [-0.05, 0) is 30.9 Å². The molecule has 1 fully saturated rings. The highest BCUT2D eigenvalue weighted by molar-refractivity contribution is 5.91. The third kappa shape index (κ3) is 4.10. The molecule has 0 atom stereocenters. The highest BCUT2D eigenvalue weighted by Crippen LogP contribution is 2.27. The molecule has 5 heteroatoms. The zero-order chi connectivity index (χ0) is 16.8. The molecule has 1 saturated heterocycles. The summed E-state index contributed by atoms with van der Waals surface area (Å²) in [6.07, 6.45) is 7.13. The van der Waals surface area contributed by atoms with Crippen molar-refractivity contribution in [2.75, 3.05) is 13.1 Å². The number of aromatic nitrogens is 2. The Labute approximate surface area is 142 Å². The van der Waals surface area contributed by atoms with Gasteiger partial charge in [0.15, 0.2) is 5.82 Å². The van der Waals surface area contributed by atoms with E-state index in [1.54, 1.807) is 6.08 Å². The van der Waals surface area contributed by atoms with Gasteiger partial charge in [-0.3, -0.25) is 4.79 Å². The predicted molar refractivity (Wildman–Crippen MR) is 92.3 cm³/mol. The second-order valence-corrected chi connectivity index (χ2v) is 6.14. The van der Waals surface area contributed by atoms with E-state index in [0.717, 1.165) is 56.1 Å². The van der Waals surface area contributed by atoms with E-state index in [1.165, 1.54) is 0 Å². The highest BCUT2D eigenvalue weighted by Gasteiger charge is 2.26. The summed E-state index contributed by atoms with van der Waals surface area (Å²) >= 11 is 0. The van der Waals surface area contributed by atoms with Crippen molar-refractivity contribution in [1.82, 2.24) is 15.0 Å². The average Bonchev–Trinajstić information content (AvgIpc) is 3.10. The minimum atomic E-state index is 0.0644. The van der Waals surface area contributed by atoms with Crippen molar-refractivity contribution < 1.29 is 9.32 Å². The fourth-order valence-electron chi connectivity index (χ4n) is 2.94. The molecule has 1 aliphatic rings. The van der Waals surface area contributed by atoms with Crippen molar-refractivity contribution in [2.24, 2.45) is 0 Å². The number of nitrogens with zero attached hydrogens (tertiary/aromatic N) is 3. The van der Waals surface area contributed by atoms with Crippen molar-refractivity contribution in [1.29, 1.82) is 0 Å². The smallest absolute Gasteiger partial charge is 0.246 e. The molecule has 5 nitrogen and oxygen atoms in total. The summed E-state index contributed by atoms with van der Waals surface area (Å²) in [6, 6.07) is 9.87. The summed E-state index contributed by atoms with van der Waals surface area (Å²) in [5, 5.41) is 4.02. The molecule has 0 radical (unpaired) electrons. The Morgan fingerprint density at radius 2 is 2.04 bits per heavy atom. The lowest BCUT2D eigenvalue weighted by Gasteiger charge is -2.29. The van der Waals surface area contributed by atoms with Gasteiger partial charge in [0, 0.05) is 31.5 Å². The first kappa shape index (κ1) is 16.4.